The molecule has 0 saturated carbocycles. The van der Waals surface area contributed by atoms with Gasteiger partial charge in [-0.15, -0.1) is 11.3 Å². The van der Waals surface area contributed by atoms with Crippen LogP contribution in [0.25, 0.3) is 11.0 Å². The third-order valence-electron chi connectivity index (χ3n) is 3.07. The number of nitrogens with zero attached hydrogens (tertiary/aromatic N) is 2. The second kappa shape index (κ2) is 5.48. The summed E-state index contributed by atoms with van der Waals surface area (Å²) in [5.74, 6) is 0. The van der Waals surface area contributed by atoms with Crippen molar-refractivity contribution in [1.82, 2.24) is 14.5 Å². The van der Waals surface area contributed by atoms with E-state index in [1.54, 1.807) is 17.4 Å². The van der Waals surface area contributed by atoms with Crippen LogP contribution in [0, 0.1) is 11.7 Å². The highest BCUT2D eigenvalue weighted by molar-refractivity contribution is 7.71. The predicted octanol–water partition coefficient (Wildman–Crippen LogP) is 5.01. The molecule has 104 valence electrons. The summed E-state index contributed by atoms with van der Waals surface area (Å²) in [7, 11) is 0. The van der Waals surface area contributed by atoms with Gasteiger partial charge in [0, 0.05) is 18.3 Å². The number of hydrogen-bond acceptors (Lipinski definition) is 3. The number of aryl methyl sites for hydroxylation is 3. The van der Waals surface area contributed by atoms with Gasteiger partial charge in [0.1, 0.15) is 0 Å². The van der Waals surface area contributed by atoms with Crippen LogP contribution in [0.3, 0.4) is 0 Å². The lowest BCUT2D eigenvalue weighted by molar-refractivity contribution is 0.697. The molecule has 2 aromatic heterocycles. The van der Waals surface area contributed by atoms with Crippen molar-refractivity contribution in [3.8, 4) is 0 Å². The van der Waals surface area contributed by atoms with Gasteiger partial charge in [-0.3, -0.25) is 0 Å². The summed E-state index contributed by atoms with van der Waals surface area (Å²) < 4.78 is 2.70. The van der Waals surface area contributed by atoms with E-state index in [9.17, 15) is 0 Å². The highest BCUT2D eigenvalue weighted by Gasteiger charge is 2.09. The predicted molar refractivity (Wildman–Crippen MR) is 87.7 cm³/mol. The van der Waals surface area contributed by atoms with E-state index in [0.717, 1.165) is 34.7 Å². The quantitative estimate of drug-likeness (QED) is 0.678. The third kappa shape index (κ3) is 2.63. The van der Waals surface area contributed by atoms with Crippen LogP contribution in [-0.4, -0.2) is 14.5 Å². The Morgan fingerprint density at radius 3 is 2.80 bits per heavy atom. The number of benzene rings is 1. The van der Waals surface area contributed by atoms with Crippen LogP contribution in [0.15, 0.2) is 17.5 Å². The first-order valence-corrected chi connectivity index (χ1v) is 8.07. The summed E-state index contributed by atoms with van der Waals surface area (Å²) in [4.78, 5) is 7.62. The van der Waals surface area contributed by atoms with Crippen LogP contribution in [-0.2, 0) is 13.0 Å². The summed E-state index contributed by atoms with van der Waals surface area (Å²) in [5, 5.41) is 4.22. The lowest BCUT2D eigenvalue weighted by Gasteiger charge is -2.04. The Kier molecular flexibility index (Phi) is 3.86. The van der Waals surface area contributed by atoms with E-state index in [4.69, 9.17) is 35.4 Å². The van der Waals surface area contributed by atoms with Gasteiger partial charge in [0.2, 0.25) is 0 Å². The van der Waals surface area contributed by atoms with Crippen LogP contribution < -0.4 is 0 Å². The van der Waals surface area contributed by atoms with Gasteiger partial charge >= 0.3 is 0 Å². The fourth-order valence-corrected chi connectivity index (χ4v) is 3.39. The largest absolute Gasteiger partial charge is 0.331 e. The van der Waals surface area contributed by atoms with Crippen molar-refractivity contribution in [3.05, 3.63) is 43.0 Å². The topological polar surface area (TPSA) is 33.6 Å². The van der Waals surface area contributed by atoms with Gasteiger partial charge in [-0.25, -0.2) is 4.98 Å². The molecule has 0 amide bonds. The Morgan fingerprint density at radius 2 is 2.10 bits per heavy atom. The molecule has 3 aromatic rings. The molecule has 1 N–H and O–H groups in total. The molecule has 0 radical (unpaired) electrons. The summed E-state index contributed by atoms with van der Waals surface area (Å²) >= 11 is 19.1. The molecular formula is C13H11Cl2N3S2. The number of fused-ring (bicyclic) bond motifs is 1. The van der Waals surface area contributed by atoms with Crippen molar-refractivity contribution in [2.75, 3.05) is 0 Å². The molecule has 0 unspecified atom stereocenters. The minimum absolute atomic E-state index is 0.526. The van der Waals surface area contributed by atoms with Gasteiger partial charge in [0.25, 0.3) is 0 Å². The van der Waals surface area contributed by atoms with Crippen LogP contribution >= 0.6 is 46.8 Å². The zero-order chi connectivity index (χ0) is 14.3. The number of aromatic nitrogens is 3. The summed E-state index contributed by atoms with van der Waals surface area (Å²) in [6.45, 7) is 2.77. The van der Waals surface area contributed by atoms with Crippen LogP contribution in [0.5, 0.6) is 0 Å². The van der Waals surface area contributed by atoms with E-state index in [-0.39, 0.29) is 0 Å². The molecule has 3 nitrogen and oxygen atoms in total. The van der Waals surface area contributed by atoms with E-state index in [0.29, 0.717) is 14.8 Å². The van der Waals surface area contributed by atoms with Gasteiger partial charge in [-0.05, 0) is 31.3 Å². The van der Waals surface area contributed by atoms with Crippen molar-refractivity contribution < 1.29 is 0 Å². The van der Waals surface area contributed by atoms with Crippen LogP contribution in [0.1, 0.15) is 10.7 Å². The van der Waals surface area contributed by atoms with Crippen molar-refractivity contribution >= 4 is 57.8 Å². The van der Waals surface area contributed by atoms with Crippen molar-refractivity contribution in [3.63, 3.8) is 0 Å². The van der Waals surface area contributed by atoms with Gasteiger partial charge in [-0.1, -0.05) is 23.2 Å². The molecule has 0 bridgehead atoms. The third-order valence-corrected chi connectivity index (χ3v) is 4.94. The molecule has 0 spiro atoms. The van der Waals surface area contributed by atoms with E-state index in [1.807, 2.05) is 17.6 Å². The van der Waals surface area contributed by atoms with Crippen molar-refractivity contribution in [1.29, 1.82) is 0 Å². The number of nitrogens with one attached hydrogen (secondary N) is 1. The van der Waals surface area contributed by atoms with Gasteiger partial charge < -0.3 is 9.55 Å². The first-order valence-electron chi connectivity index (χ1n) is 6.03. The monoisotopic (exact) mass is 343 g/mol. The zero-order valence-electron chi connectivity index (χ0n) is 10.6. The minimum atomic E-state index is 0.526. The summed E-state index contributed by atoms with van der Waals surface area (Å²) in [6.07, 6.45) is 0.839. The number of halogens is 2. The number of thiazole rings is 1. The van der Waals surface area contributed by atoms with E-state index in [1.165, 1.54) is 0 Å². The lowest BCUT2D eigenvalue weighted by atomic mass is 10.3. The smallest absolute Gasteiger partial charge is 0.178 e. The molecule has 0 aliphatic carbocycles. The maximum absolute atomic E-state index is 6.09. The molecule has 0 fully saturated rings. The molecule has 7 heteroatoms. The van der Waals surface area contributed by atoms with Gasteiger partial charge in [0.15, 0.2) is 4.77 Å². The number of H-pyrrole nitrogens is 1. The molecule has 2 heterocycles. The molecule has 0 atom stereocenters. The Labute approximate surface area is 135 Å². The fraction of sp³-hybridized carbons (Fsp3) is 0.231. The number of aromatic amines is 1. The van der Waals surface area contributed by atoms with Crippen molar-refractivity contribution in [2.24, 2.45) is 0 Å². The van der Waals surface area contributed by atoms with Crippen molar-refractivity contribution in [2.45, 2.75) is 19.9 Å². The summed E-state index contributed by atoms with van der Waals surface area (Å²) in [6, 6.07) is 3.65. The van der Waals surface area contributed by atoms with Crippen LogP contribution in [0.2, 0.25) is 10.0 Å². The molecular weight excluding hydrogens is 333 g/mol. The Balaban J connectivity index is 1.96. The van der Waals surface area contributed by atoms with E-state index < -0.39 is 0 Å². The minimum Gasteiger partial charge on any atom is -0.331 e. The maximum Gasteiger partial charge on any atom is 0.178 e. The fourth-order valence-electron chi connectivity index (χ4n) is 2.12. The lowest BCUT2D eigenvalue weighted by Crippen LogP contribution is -2.01. The Morgan fingerprint density at radius 1 is 1.35 bits per heavy atom. The SMILES string of the molecule is Cc1nc(CCn2c(=S)[nH]c3cc(Cl)c(Cl)cc32)cs1. The Hall–Kier alpha value is -0.880. The molecule has 1 aromatic carbocycles. The maximum atomic E-state index is 6.09. The second-order valence-electron chi connectivity index (χ2n) is 4.47. The second-order valence-corrected chi connectivity index (χ2v) is 6.74. The molecule has 0 aliphatic rings. The molecule has 3 rings (SSSR count). The molecule has 0 saturated heterocycles. The first kappa shape index (κ1) is 14.1. The number of imidazole rings is 1. The highest BCUT2D eigenvalue weighted by Crippen LogP contribution is 2.27. The van der Waals surface area contributed by atoms with Crippen LogP contribution in [0.4, 0.5) is 0 Å². The normalized spacial score (nSPS) is 11.3. The number of hydrogen-bond donors (Lipinski definition) is 1. The van der Waals surface area contributed by atoms with Gasteiger partial charge in [-0.2, -0.15) is 0 Å². The molecule has 0 aliphatic heterocycles. The van der Waals surface area contributed by atoms with Gasteiger partial charge in [0.05, 0.1) is 31.8 Å². The first-order chi connectivity index (χ1) is 9.54. The van der Waals surface area contributed by atoms with E-state index >= 15 is 0 Å². The zero-order valence-corrected chi connectivity index (χ0v) is 13.8. The average molecular weight is 344 g/mol. The van der Waals surface area contributed by atoms with E-state index in [2.05, 4.69) is 15.3 Å². The highest BCUT2D eigenvalue weighted by atomic mass is 35.5. The number of rotatable bonds is 3. The average Bonchev–Trinajstić information content (AvgIpc) is 2.92. The molecule has 20 heavy (non-hydrogen) atoms. The standard InChI is InChI=1S/C13H11Cl2N3S2/c1-7-16-8(6-20-7)2-3-18-12-5-10(15)9(14)4-11(12)17-13(18)19/h4-6H,2-3H2,1H3,(H,17,19). The summed E-state index contributed by atoms with van der Waals surface area (Å²) in [5.41, 5.74) is 2.96. The Bertz CT molecular complexity index is 832.